The van der Waals surface area contributed by atoms with Gasteiger partial charge in [-0.1, -0.05) is 82.7 Å². The lowest BCUT2D eigenvalue weighted by atomic mass is 10.0. The Labute approximate surface area is 160 Å². The highest BCUT2D eigenvalue weighted by Gasteiger charge is 2.12. The van der Waals surface area contributed by atoms with Crippen LogP contribution in [0.25, 0.3) is 44.2 Å². The van der Waals surface area contributed by atoms with Gasteiger partial charge in [-0.3, -0.25) is 0 Å². The van der Waals surface area contributed by atoms with Crippen LogP contribution >= 0.6 is 15.9 Å². The number of hydrogen-bond donors (Lipinski definition) is 0. The molecule has 0 aliphatic heterocycles. The average Bonchev–Trinajstić information content (AvgIpc) is 3.07. The molecule has 0 aliphatic rings. The van der Waals surface area contributed by atoms with Gasteiger partial charge in [-0.2, -0.15) is 0 Å². The summed E-state index contributed by atoms with van der Waals surface area (Å²) in [5.41, 5.74) is 6.55. The highest BCUT2D eigenvalue weighted by atomic mass is 79.9. The SMILES string of the molecule is Brc1ccc(-c2cccc3c2oc2ccc(-c4ccccc4)cc23)cc1. The maximum atomic E-state index is 6.25. The topological polar surface area (TPSA) is 13.1 Å². The second kappa shape index (κ2) is 6.15. The van der Waals surface area contributed by atoms with Crippen LogP contribution in [0.4, 0.5) is 0 Å². The number of benzene rings is 4. The molecule has 1 nitrogen and oxygen atoms in total. The molecule has 26 heavy (non-hydrogen) atoms. The van der Waals surface area contributed by atoms with E-state index in [1.807, 2.05) is 6.07 Å². The summed E-state index contributed by atoms with van der Waals surface area (Å²) in [6.45, 7) is 0. The van der Waals surface area contributed by atoms with E-state index in [1.54, 1.807) is 0 Å². The molecule has 0 spiro atoms. The molecule has 0 amide bonds. The van der Waals surface area contributed by atoms with Gasteiger partial charge in [0.2, 0.25) is 0 Å². The maximum absolute atomic E-state index is 6.25. The van der Waals surface area contributed by atoms with Gasteiger partial charge < -0.3 is 4.42 Å². The van der Waals surface area contributed by atoms with Crippen LogP contribution in [0.15, 0.2) is 99.9 Å². The predicted molar refractivity (Wildman–Crippen MR) is 112 cm³/mol. The average molecular weight is 399 g/mol. The molecule has 0 saturated heterocycles. The zero-order chi connectivity index (χ0) is 17.5. The van der Waals surface area contributed by atoms with Gasteiger partial charge in [0.15, 0.2) is 0 Å². The van der Waals surface area contributed by atoms with Crippen molar-refractivity contribution in [3.63, 3.8) is 0 Å². The van der Waals surface area contributed by atoms with Gasteiger partial charge in [-0.15, -0.1) is 0 Å². The van der Waals surface area contributed by atoms with Crippen LogP contribution < -0.4 is 0 Å². The number of rotatable bonds is 2. The van der Waals surface area contributed by atoms with Crippen molar-refractivity contribution in [1.82, 2.24) is 0 Å². The zero-order valence-corrected chi connectivity index (χ0v) is 15.5. The normalized spacial score (nSPS) is 11.3. The lowest BCUT2D eigenvalue weighted by Gasteiger charge is -2.03. The van der Waals surface area contributed by atoms with E-state index in [2.05, 4.69) is 101 Å². The number of para-hydroxylation sites is 1. The van der Waals surface area contributed by atoms with Gasteiger partial charge >= 0.3 is 0 Å². The first kappa shape index (κ1) is 15.4. The number of fused-ring (bicyclic) bond motifs is 3. The minimum Gasteiger partial charge on any atom is -0.455 e. The van der Waals surface area contributed by atoms with Crippen LogP contribution in [0.2, 0.25) is 0 Å². The Bertz CT molecular complexity index is 1220. The molecule has 1 aromatic heterocycles. The van der Waals surface area contributed by atoms with E-state index < -0.39 is 0 Å². The van der Waals surface area contributed by atoms with Gasteiger partial charge in [-0.25, -0.2) is 0 Å². The number of furan rings is 1. The lowest BCUT2D eigenvalue weighted by Crippen LogP contribution is -1.78. The van der Waals surface area contributed by atoms with Crippen LogP contribution in [0.1, 0.15) is 0 Å². The van der Waals surface area contributed by atoms with Crippen molar-refractivity contribution in [2.45, 2.75) is 0 Å². The molecule has 0 saturated carbocycles. The first-order valence-corrected chi connectivity index (χ1v) is 9.35. The third kappa shape index (κ3) is 2.54. The smallest absolute Gasteiger partial charge is 0.143 e. The summed E-state index contributed by atoms with van der Waals surface area (Å²) >= 11 is 3.50. The first-order valence-electron chi connectivity index (χ1n) is 8.56. The molecular weight excluding hydrogens is 384 g/mol. The Morgan fingerprint density at radius 3 is 2.15 bits per heavy atom. The minimum atomic E-state index is 0.921. The summed E-state index contributed by atoms with van der Waals surface area (Å²) in [7, 11) is 0. The van der Waals surface area contributed by atoms with Crippen molar-refractivity contribution in [2.24, 2.45) is 0 Å². The zero-order valence-electron chi connectivity index (χ0n) is 13.9. The largest absolute Gasteiger partial charge is 0.455 e. The Morgan fingerprint density at radius 2 is 1.35 bits per heavy atom. The fraction of sp³-hybridized carbons (Fsp3) is 0. The fourth-order valence-corrected chi connectivity index (χ4v) is 3.73. The van der Waals surface area contributed by atoms with E-state index in [0.717, 1.165) is 37.5 Å². The molecule has 5 aromatic rings. The molecule has 0 N–H and O–H groups in total. The third-order valence-corrected chi connectivity index (χ3v) is 5.29. The van der Waals surface area contributed by atoms with Crippen LogP contribution in [-0.4, -0.2) is 0 Å². The highest BCUT2D eigenvalue weighted by Crippen LogP contribution is 2.37. The molecular formula is C24H15BrO. The summed E-state index contributed by atoms with van der Waals surface area (Å²) in [6.07, 6.45) is 0. The number of hydrogen-bond acceptors (Lipinski definition) is 1. The monoisotopic (exact) mass is 398 g/mol. The Balaban J connectivity index is 1.75. The van der Waals surface area contributed by atoms with Gasteiger partial charge in [0.05, 0.1) is 0 Å². The molecule has 124 valence electrons. The third-order valence-electron chi connectivity index (χ3n) is 4.76. The van der Waals surface area contributed by atoms with Crippen LogP contribution in [0, 0.1) is 0 Å². The molecule has 4 aromatic carbocycles. The molecule has 2 heteroatoms. The molecule has 1 heterocycles. The van der Waals surface area contributed by atoms with Crippen molar-refractivity contribution >= 4 is 37.9 Å². The van der Waals surface area contributed by atoms with Gasteiger partial charge in [0, 0.05) is 20.8 Å². The quantitative estimate of drug-likeness (QED) is 0.297. The van der Waals surface area contributed by atoms with Crippen LogP contribution in [-0.2, 0) is 0 Å². The summed E-state index contributed by atoms with van der Waals surface area (Å²) in [5, 5.41) is 2.30. The van der Waals surface area contributed by atoms with E-state index in [4.69, 9.17) is 4.42 Å². The summed E-state index contributed by atoms with van der Waals surface area (Å²) in [4.78, 5) is 0. The second-order valence-electron chi connectivity index (χ2n) is 6.37. The Morgan fingerprint density at radius 1 is 0.577 bits per heavy atom. The lowest BCUT2D eigenvalue weighted by molar-refractivity contribution is 0.670. The molecule has 0 aliphatic carbocycles. The van der Waals surface area contributed by atoms with Crippen molar-refractivity contribution in [3.8, 4) is 22.3 Å². The van der Waals surface area contributed by atoms with Crippen molar-refractivity contribution in [2.75, 3.05) is 0 Å². The minimum absolute atomic E-state index is 0.921. The highest BCUT2D eigenvalue weighted by molar-refractivity contribution is 9.10. The second-order valence-corrected chi connectivity index (χ2v) is 7.28. The molecule has 5 rings (SSSR count). The van der Waals surface area contributed by atoms with Crippen LogP contribution in [0.3, 0.4) is 0 Å². The summed E-state index contributed by atoms with van der Waals surface area (Å²) in [5.74, 6) is 0. The van der Waals surface area contributed by atoms with E-state index in [1.165, 1.54) is 11.1 Å². The van der Waals surface area contributed by atoms with E-state index >= 15 is 0 Å². The summed E-state index contributed by atoms with van der Waals surface area (Å²) < 4.78 is 7.32. The van der Waals surface area contributed by atoms with E-state index in [0.29, 0.717) is 0 Å². The summed E-state index contributed by atoms with van der Waals surface area (Å²) in [6, 6.07) is 31.6. The van der Waals surface area contributed by atoms with Crippen molar-refractivity contribution in [1.29, 1.82) is 0 Å². The molecule has 0 fully saturated rings. The Kier molecular flexibility index (Phi) is 3.65. The van der Waals surface area contributed by atoms with Crippen molar-refractivity contribution in [3.05, 3.63) is 95.5 Å². The molecule has 0 bridgehead atoms. The standard InChI is InChI=1S/C24H15BrO/c25-19-12-9-17(10-13-19)20-7-4-8-21-22-15-18(16-5-2-1-3-6-16)11-14-23(22)26-24(20)21/h1-15H. The number of halogens is 1. The van der Waals surface area contributed by atoms with Gasteiger partial charge in [0.25, 0.3) is 0 Å². The van der Waals surface area contributed by atoms with Gasteiger partial charge in [0.1, 0.15) is 11.2 Å². The van der Waals surface area contributed by atoms with E-state index in [-0.39, 0.29) is 0 Å². The first-order chi connectivity index (χ1) is 12.8. The predicted octanol–water partition coefficient (Wildman–Crippen LogP) is 7.68. The Hall–Kier alpha value is -2.84. The van der Waals surface area contributed by atoms with Gasteiger partial charge in [-0.05, 0) is 41.0 Å². The molecule has 0 unspecified atom stereocenters. The molecule has 0 radical (unpaired) electrons. The van der Waals surface area contributed by atoms with Crippen molar-refractivity contribution < 1.29 is 4.42 Å². The van der Waals surface area contributed by atoms with E-state index in [9.17, 15) is 0 Å². The fourth-order valence-electron chi connectivity index (χ4n) is 3.47. The molecule has 0 atom stereocenters. The maximum Gasteiger partial charge on any atom is 0.143 e. The van der Waals surface area contributed by atoms with Crippen LogP contribution in [0.5, 0.6) is 0 Å².